The predicted molar refractivity (Wildman–Crippen MR) is 88.3 cm³/mol. The Hall–Kier alpha value is -2.67. The summed E-state index contributed by atoms with van der Waals surface area (Å²) in [5.74, 6) is 0.401. The van der Waals surface area contributed by atoms with Gasteiger partial charge in [-0.05, 0) is 30.3 Å². The fraction of sp³-hybridized carbons (Fsp3) is 0.333. The predicted octanol–water partition coefficient (Wildman–Crippen LogP) is 2.20. The third-order valence-corrected chi connectivity index (χ3v) is 3.64. The van der Waals surface area contributed by atoms with Crippen molar-refractivity contribution >= 4 is 5.91 Å². The molecule has 1 atom stereocenters. The standard InChI is InChI=1S/C18H19FN2O4/c19-14-1-3-15(4-2-14)24-10-8-21-18(22)13-5-7-20-17(11-13)25-16-6-9-23-12-16/h1-5,7,11,16H,6,8-10,12H2,(H,21,22)/t16-/m0/s1. The van der Waals surface area contributed by atoms with Gasteiger partial charge in [-0.25, -0.2) is 9.37 Å². The number of amides is 1. The van der Waals surface area contributed by atoms with Gasteiger partial charge < -0.3 is 19.5 Å². The Morgan fingerprint density at radius 2 is 2.16 bits per heavy atom. The van der Waals surface area contributed by atoms with Crippen molar-refractivity contribution in [2.45, 2.75) is 12.5 Å². The summed E-state index contributed by atoms with van der Waals surface area (Å²) in [4.78, 5) is 16.3. The molecule has 1 aromatic heterocycles. The van der Waals surface area contributed by atoms with E-state index in [1.807, 2.05) is 0 Å². The van der Waals surface area contributed by atoms with E-state index in [2.05, 4.69) is 10.3 Å². The maximum absolute atomic E-state index is 12.8. The van der Waals surface area contributed by atoms with E-state index in [1.165, 1.54) is 30.5 Å². The molecule has 0 spiro atoms. The van der Waals surface area contributed by atoms with Gasteiger partial charge in [-0.15, -0.1) is 0 Å². The number of pyridine rings is 1. The van der Waals surface area contributed by atoms with E-state index >= 15 is 0 Å². The molecular formula is C18H19FN2O4. The van der Waals surface area contributed by atoms with Crippen LogP contribution >= 0.6 is 0 Å². The van der Waals surface area contributed by atoms with Crippen LogP contribution in [0.5, 0.6) is 11.6 Å². The molecule has 0 aliphatic carbocycles. The molecule has 1 saturated heterocycles. The van der Waals surface area contributed by atoms with E-state index < -0.39 is 0 Å². The van der Waals surface area contributed by atoms with Crippen LogP contribution in [0.1, 0.15) is 16.8 Å². The lowest BCUT2D eigenvalue weighted by Gasteiger charge is -2.12. The van der Waals surface area contributed by atoms with Gasteiger partial charge >= 0.3 is 0 Å². The van der Waals surface area contributed by atoms with Gasteiger partial charge in [-0.1, -0.05) is 0 Å². The normalized spacial score (nSPS) is 16.4. The zero-order valence-corrected chi connectivity index (χ0v) is 13.6. The van der Waals surface area contributed by atoms with Gasteiger partial charge in [0.25, 0.3) is 5.91 Å². The van der Waals surface area contributed by atoms with Crippen LogP contribution in [-0.2, 0) is 4.74 Å². The quantitative estimate of drug-likeness (QED) is 0.779. The van der Waals surface area contributed by atoms with Crippen LogP contribution in [0.25, 0.3) is 0 Å². The van der Waals surface area contributed by atoms with Crippen LogP contribution in [0.4, 0.5) is 4.39 Å². The van der Waals surface area contributed by atoms with Crippen LogP contribution in [-0.4, -0.2) is 43.4 Å². The number of nitrogens with zero attached hydrogens (tertiary/aromatic N) is 1. The van der Waals surface area contributed by atoms with Crippen molar-refractivity contribution in [3.05, 3.63) is 54.0 Å². The van der Waals surface area contributed by atoms with Gasteiger partial charge in [0.05, 0.1) is 19.8 Å². The van der Waals surface area contributed by atoms with Gasteiger partial charge in [-0.2, -0.15) is 0 Å². The van der Waals surface area contributed by atoms with Crippen LogP contribution in [0.2, 0.25) is 0 Å². The molecule has 3 rings (SSSR count). The topological polar surface area (TPSA) is 69.7 Å². The molecule has 1 aliphatic heterocycles. The lowest BCUT2D eigenvalue weighted by Crippen LogP contribution is -2.28. The number of halogens is 1. The molecule has 6 nitrogen and oxygen atoms in total. The monoisotopic (exact) mass is 346 g/mol. The minimum absolute atomic E-state index is 0.0186. The summed E-state index contributed by atoms with van der Waals surface area (Å²) in [5.41, 5.74) is 0.464. The molecule has 2 heterocycles. The van der Waals surface area contributed by atoms with Crippen molar-refractivity contribution in [2.24, 2.45) is 0 Å². The van der Waals surface area contributed by atoms with Crippen molar-refractivity contribution in [1.82, 2.24) is 10.3 Å². The van der Waals surface area contributed by atoms with Crippen molar-refractivity contribution in [2.75, 3.05) is 26.4 Å². The zero-order chi connectivity index (χ0) is 17.5. The Bertz CT molecular complexity index is 702. The van der Waals surface area contributed by atoms with Crippen LogP contribution in [0.15, 0.2) is 42.6 Å². The third kappa shape index (κ3) is 5.15. The number of rotatable bonds is 7. The highest BCUT2D eigenvalue weighted by Crippen LogP contribution is 2.15. The number of carbonyl (C=O) groups excluding carboxylic acids is 1. The summed E-state index contributed by atoms with van der Waals surface area (Å²) >= 11 is 0. The second-order valence-electron chi connectivity index (χ2n) is 5.54. The summed E-state index contributed by atoms with van der Waals surface area (Å²) < 4.78 is 29.2. The first kappa shape index (κ1) is 17.2. The number of benzene rings is 1. The summed E-state index contributed by atoms with van der Waals surface area (Å²) in [6, 6.07) is 8.94. The second-order valence-corrected chi connectivity index (χ2v) is 5.54. The molecule has 25 heavy (non-hydrogen) atoms. The van der Waals surface area contributed by atoms with E-state index in [4.69, 9.17) is 14.2 Å². The van der Waals surface area contributed by atoms with E-state index in [1.54, 1.807) is 12.1 Å². The van der Waals surface area contributed by atoms with Crippen LogP contribution < -0.4 is 14.8 Å². The highest BCUT2D eigenvalue weighted by molar-refractivity contribution is 5.94. The first-order valence-corrected chi connectivity index (χ1v) is 8.08. The molecule has 7 heteroatoms. The minimum atomic E-state index is -0.319. The van der Waals surface area contributed by atoms with Crippen molar-refractivity contribution in [3.8, 4) is 11.6 Å². The lowest BCUT2D eigenvalue weighted by molar-refractivity contribution is 0.0945. The Morgan fingerprint density at radius 1 is 1.32 bits per heavy atom. The molecule has 2 aromatic rings. The third-order valence-electron chi connectivity index (χ3n) is 3.64. The summed E-state index contributed by atoms with van der Waals surface area (Å²) in [6.07, 6.45) is 2.34. The Labute approximate surface area is 144 Å². The fourth-order valence-electron chi connectivity index (χ4n) is 2.36. The zero-order valence-electron chi connectivity index (χ0n) is 13.6. The van der Waals surface area contributed by atoms with E-state index in [0.717, 1.165) is 6.42 Å². The first-order chi connectivity index (χ1) is 12.2. The molecule has 0 saturated carbocycles. The second kappa shape index (κ2) is 8.43. The molecule has 0 unspecified atom stereocenters. The lowest BCUT2D eigenvalue weighted by atomic mass is 10.2. The molecule has 1 aromatic carbocycles. The van der Waals surface area contributed by atoms with Gasteiger partial charge in [0.1, 0.15) is 24.3 Å². The number of nitrogens with one attached hydrogen (secondary N) is 1. The maximum Gasteiger partial charge on any atom is 0.251 e. The highest BCUT2D eigenvalue weighted by atomic mass is 19.1. The number of ether oxygens (including phenoxy) is 3. The van der Waals surface area contributed by atoms with Gasteiger partial charge in [0.2, 0.25) is 5.88 Å². The van der Waals surface area contributed by atoms with Gasteiger partial charge in [0.15, 0.2) is 0 Å². The van der Waals surface area contributed by atoms with Gasteiger partial charge in [0, 0.05) is 24.2 Å². The number of aromatic nitrogens is 1. The summed E-state index contributed by atoms with van der Waals surface area (Å²) in [7, 11) is 0. The van der Waals surface area contributed by atoms with Crippen molar-refractivity contribution in [3.63, 3.8) is 0 Å². The smallest absolute Gasteiger partial charge is 0.251 e. The Kier molecular flexibility index (Phi) is 5.79. The van der Waals surface area contributed by atoms with Crippen LogP contribution in [0, 0.1) is 5.82 Å². The number of hydrogen-bond donors (Lipinski definition) is 1. The first-order valence-electron chi connectivity index (χ1n) is 8.08. The molecular weight excluding hydrogens is 327 g/mol. The van der Waals surface area contributed by atoms with Crippen molar-refractivity contribution in [1.29, 1.82) is 0 Å². The average Bonchev–Trinajstić information content (AvgIpc) is 3.13. The molecule has 1 amide bonds. The number of carbonyl (C=O) groups is 1. The Morgan fingerprint density at radius 3 is 2.92 bits per heavy atom. The van der Waals surface area contributed by atoms with Crippen LogP contribution in [0.3, 0.4) is 0 Å². The van der Waals surface area contributed by atoms with E-state index in [9.17, 15) is 9.18 Å². The average molecular weight is 346 g/mol. The SMILES string of the molecule is O=C(NCCOc1ccc(F)cc1)c1ccnc(O[C@H]2CCOC2)c1. The molecule has 1 N–H and O–H groups in total. The largest absolute Gasteiger partial charge is 0.492 e. The molecule has 1 fully saturated rings. The molecule has 0 bridgehead atoms. The summed E-state index contributed by atoms with van der Waals surface area (Å²) in [6.45, 7) is 1.83. The summed E-state index contributed by atoms with van der Waals surface area (Å²) in [5, 5.41) is 2.76. The maximum atomic E-state index is 12.8. The van der Waals surface area contributed by atoms with E-state index in [0.29, 0.717) is 37.0 Å². The molecule has 1 aliphatic rings. The minimum Gasteiger partial charge on any atom is -0.492 e. The highest BCUT2D eigenvalue weighted by Gasteiger charge is 2.18. The Balaban J connectivity index is 1.45. The van der Waals surface area contributed by atoms with Gasteiger partial charge in [-0.3, -0.25) is 4.79 Å². The molecule has 132 valence electrons. The fourth-order valence-corrected chi connectivity index (χ4v) is 2.36. The molecule has 0 radical (unpaired) electrons. The van der Waals surface area contributed by atoms with E-state index in [-0.39, 0.29) is 24.4 Å². The van der Waals surface area contributed by atoms with Crippen molar-refractivity contribution < 1.29 is 23.4 Å². The number of hydrogen-bond acceptors (Lipinski definition) is 5.